The lowest BCUT2D eigenvalue weighted by Gasteiger charge is -2.27. The molecular formula is C10H12FN3O. The van der Waals surface area contributed by atoms with Gasteiger partial charge in [-0.05, 0) is 24.6 Å². The normalized spacial score (nSPS) is 16.3. The van der Waals surface area contributed by atoms with Gasteiger partial charge < -0.3 is 11.1 Å². The third-order valence-electron chi connectivity index (χ3n) is 2.30. The molecule has 0 aliphatic carbocycles. The van der Waals surface area contributed by atoms with Crippen LogP contribution in [0.4, 0.5) is 20.6 Å². The Morgan fingerprint density at radius 1 is 1.40 bits per heavy atom. The van der Waals surface area contributed by atoms with Gasteiger partial charge in [0, 0.05) is 18.8 Å². The van der Waals surface area contributed by atoms with Gasteiger partial charge in [0.1, 0.15) is 5.82 Å². The van der Waals surface area contributed by atoms with E-state index in [0.717, 1.165) is 6.42 Å². The molecule has 2 rings (SSSR count). The molecule has 1 heterocycles. The number of nitrogens with two attached hydrogens (primary N) is 1. The van der Waals surface area contributed by atoms with E-state index in [0.29, 0.717) is 24.5 Å². The molecule has 2 amide bonds. The van der Waals surface area contributed by atoms with Gasteiger partial charge in [0.05, 0.1) is 5.69 Å². The molecule has 0 unspecified atom stereocenters. The highest BCUT2D eigenvalue weighted by Crippen LogP contribution is 2.21. The number of rotatable bonds is 1. The number of nitrogens with zero attached hydrogens (tertiary/aromatic N) is 1. The van der Waals surface area contributed by atoms with Crippen LogP contribution in [0.15, 0.2) is 18.2 Å². The Morgan fingerprint density at radius 2 is 2.20 bits per heavy atom. The van der Waals surface area contributed by atoms with E-state index in [1.807, 2.05) is 0 Å². The SMILES string of the molecule is Nc1cc(F)cc(N2CCCNC2=O)c1. The van der Waals surface area contributed by atoms with Crippen LogP contribution in [-0.4, -0.2) is 19.1 Å². The van der Waals surface area contributed by atoms with Crippen molar-refractivity contribution in [3.63, 3.8) is 0 Å². The van der Waals surface area contributed by atoms with Crippen LogP contribution in [0.5, 0.6) is 0 Å². The second kappa shape index (κ2) is 3.76. The van der Waals surface area contributed by atoms with Crippen LogP contribution < -0.4 is 16.0 Å². The molecule has 4 nitrogen and oxygen atoms in total. The summed E-state index contributed by atoms with van der Waals surface area (Å²) in [4.78, 5) is 13.0. The molecule has 1 saturated heterocycles. The van der Waals surface area contributed by atoms with E-state index in [1.54, 1.807) is 6.07 Å². The van der Waals surface area contributed by atoms with Crippen molar-refractivity contribution in [2.45, 2.75) is 6.42 Å². The minimum absolute atomic E-state index is 0.203. The number of amides is 2. The number of nitrogens with one attached hydrogen (secondary N) is 1. The minimum Gasteiger partial charge on any atom is -0.399 e. The summed E-state index contributed by atoms with van der Waals surface area (Å²) in [6, 6.07) is 3.92. The maximum Gasteiger partial charge on any atom is 0.321 e. The van der Waals surface area contributed by atoms with Crippen molar-refractivity contribution in [3.05, 3.63) is 24.0 Å². The Bertz CT molecular complexity index is 374. The number of hydrogen-bond acceptors (Lipinski definition) is 2. The number of urea groups is 1. The number of nitrogen functional groups attached to an aromatic ring is 1. The predicted molar refractivity (Wildman–Crippen MR) is 56.2 cm³/mol. The monoisotopic (exact) mass is 209 g/mol. The molecule has 0 bridgehead atoms. The van der Waals surface area contributed by atoms with Gasteiger partial charge >= 0.3 is 6.03 Å². The smallest absolute Gasteiger partial charge is 0.321 e. The molecule has 1 aliphatic heterocycles. The van der Waals surface area contributed by atoms with E-state index in [4.69, 9.17) is 5.73 Å². The molecule has 0 radical (unpaired) electrons. The molecule has 5 heteroatoms. The fourth-order valence-corrected chi connectivity index (χ4v) is 1.63. The maximum absolute atomic E-state index is 13.1. The Morgan fingerprint density at radius 3 is 2.87 bits per heavy atom. The zero-order valence-corrected chi connectivity index (χ0v) is 8.16. The van der Waals surface area contributed by atoms with Gasteiger partial charge in [-0.15, -0.1) is 0 Å². The second-order valence-electron chi connectivity index (χ2n) is 3.48. The molecular weight excluding hydrogens is 197 g/mol. The number of carbonyl (C=O) groups is 1. The zero-order chi connectivity index (χ0) is 10.8. The Kier molecular flexibility index (Phi) is 2.45. The lowest BCUT2D eigenvalue weighted by molar-refractivity contribution is 0.243. The lowest BCUT2D eigenvalue weighted by Crippen LogP contribution is -2.46. The topological polar surface area (TPSA) is 58.4 Å². The van der Waals surface area contributed by atoms with Crippen LogP contribution in [0.1, 0.15) is 6.42 Å². The van der Waals surface area contributed by atoms with Crippen LogP contribution in [0.25, 0.3) is 0 Å². The first-order valence-electron chi connectivity index (χ1n) is 4.78. The molecule has 0 spiro atoms. The van der Waals surface area contributed by atoms with Crippen molar-refractivity contribution in [1.29, 1.82) is 0 Å². The lowest BCUT2D eigenvalue weighted by atomic mass is 10.2. The summed E-state index contributed by atoms with van der Waals surface area (Å²) < 4.78 is 13.1. The first-order valence-corrected chi connectivity index (χ1v) is 4.78. The van der Waals surface area contributed by atoms with Gasteiger partial charge in [0.2, 0.25) is 0 Å². The summed E-state index contributed by atoms with van der Waals surface area (Å²) in [5, 5.41) is 2.69. The number of benzene rings is 1. The predicted octanol–water partition coefficient (Wildman–Crippen LogP) is 1.33. The number of halogens is 1. The number of hydrogen-bond donors (Lipinski definition) is 2. The molecule has 0 atom stereocenters. The molecule has 1 aliphatic rings. The number of anilines is 2. The quantitative estimate of drug-likeness (QED) is 0.685. The first kappa shape index (κ1) is 9.76. The van der Waals surface area contributed by atoms with Crippen LogP contribution in [0, 0.1) is 5.82 Å². The van der Waals surface area contributed by atoms with Crippen molar-refractivity contribution in [1.82, 2.24) is 5.32 Å². The Hall–Kier alpha value is -1.78. The first-order chi connectivity index (χ1) is 7.16. The van der Waals surface area contributed by atoms with Crippen molar-refractivity contribution >= 4 is 17.4 Å². The Labute approximate surface area is 86.9 Å². The molecule has 0 saturated carbocycles. The average Bonchev–Trinajstić information content (AvgIpc) is 2.16. The molecule has 0 aromatic heterocycles. The molecule has 3 N–H and O–H groups in total. The Balaban J connectivity index is 2.31. The van der Waals surface area contributed by atoms with Gasteiger partial charge in [-0.3, -0.25) is 4.90 Å². The van der Waals surface area contributed by atoms with Gasteiger partial charge in [-0.25, -0.2) is 9.18 Å². The van der Waals surface area contributed by atoms with E-state index in [1.165, 1.54) is 17.0 Å². The summed E-state index contributed by atoms with van der Waals surface area (Å²) in [5.41, 5.74) is 6.34. The molecule has 80 valence electrons. The van der Waals surface area contributed by atoms with Gasteiger partial charge in [-0.2, -0.15) is 0 Å². The maximum atomic E-state index is 13.1. The summed E-state index contributed by atoms with van der Waals surface area (Å²) in [5.74, 6) is -0.427. The minimum atomic E-state index is -0.427. The largest absolute Gasteiger partial charge is 0.399 e. The van der Waals surface area contributed by atoms with E-state index in [2.05, 4.69) is 5.32 Å². The van der Waals surface area contributed by atoms with E-state index in [-0.39, 0.29) is 6.03 Å². The molecule has 15 heavy (non-hydrogen) atoms. The third-order valence-corrected chi connectivity index (χ3v) is 2.30. The highest BCUT2D eigenvalue weighted by Gasteiger charge is 2.19. The average molecular weight is 209 g/mol. The number of carbonyl (C=O) groups excluding carboxylic acids is 1. The van der Waals surface area contributed by atoms with Crippen molar-refractivity contribution < 1.29 is 9.18 Å². The fourth-order valence-electron chi connectivity index (χ4n) is 1.63. The standard InChI is InChI=1S/C10H12FN3O/c11-7-4-8(12)6-9(5-7)14-3-1-2-13-10(14)15/h4-6H,1-3,12H2,(H,13,15). The van der Waals surface area contributed by atoms with Crippen molar-refractivity contribution in [2.75, 3.05) is 23.7 Å². The highest BCUT2D eigenvalue weighted by molar-refractivity contribution is 5.93. The summed E-state index contributed by atoms with van der Waals surface area (Å²) in [6.07, 6.45) is 0.849. The molecule has 1 aromatic rings. The van der Waals surface area contributed by atoms with Crippen LogP contribution in [-0.2, 0) is 0 Å². The van der Waals surface area contributed by atoms with E-state index < -0.39 is 5.82 Å². The summed E-state index contributed by atoms with van der Waals surface area (Å²) in [6.45, 7) is 1.26. The molecule has 1 fully saturated rings. The zero-order valence-electron chi connectivity index (χ0n) is 8.16. The van der Waals surface area contributed by atoms with Crippen LogP contribution in [0.3, 0.4) is 0 Å². The highest BCUT2D eigenvalue weighted by atomic mass is 19.1. The van der Waals surface area contributed by atoms with Crippen molar-refractivity contribution in [3.8, 4) is 0 Å². The van der Waals surface area contributed by atoms with E-state index >= 15 is 0 Å². The summed E-state index contributed by atoms with van der Waals surface area (Å²) >= 11 is 0. The van der Waals surface area contributed by atoms with Gasteiger partial charge in [0.15, 0.2) is 0 Å². The summed E-state index contributed by atoms with van der Waals surface area (Å²) in [7, 11) is 0. The van der Waals surface area contributed by atoms with Gasteiger partial charge in [0.25, 0.3) is 0 Å². The fraction of sp³-hybridized carbons (Fsp3) is 0.300. The van der Waals surface area contributed by atoms with Crippen LogP contribution in [0.2, 0.25) is 0 Å². The molecule has 1 aromatic carbocycles. The van der Waals surface area contributed by atoms with Crippen LogP contribution >= 0.6 is 0 Å². The second-order valence-corrected chi connectivity index (χ2v) is 3.48. The van der Waals surface area contributed by atoms with E-state index in [9.17, 15) is 9.18 Å². The van der Waals surface area contributed by atoms with Gasteiger partial charge in [-0.1, -0.05) is 0 Å². The third kappa shape index (κ3) is 2.01. The van der Waals surface area contributed by atoms with Crippen molar-refractivity contribution in [2.24, 2.45) is 0 Å².